The number of Topliss-reactive ketones (excluding diaryl/α,β-unsaturated/α-hetero) is 1. The van der Waals surface area contributed by atoms with Crippen LogP contribution in [-0.2, 0) is 11.3 Å². The van der Waals surface area contributed by atoms with Gasteiger partial charge in [-0.3, -0.25) is 14.6 Å². The summed E-state index contributed by atoms with van der Waals surface area (Å²) in [5.41, 5.74) is 8.55. The quantitative estimate of drug-likeness (QED) is 0.579. The van der Waals surface area contributed by atoms with Crippen LogP contribution in [0.15, 0.2) is 48.9 Å². The van der Waals surface area contributed by atoms with Crippen LogP contribution < -0.4 is 5.73 Å². The van der Waals surface area contributed by atoms with Crippen molar-refractivity contribution in [2.24, 2.45) is 11.7 Å². The van der Waals surface area contributed by atoms with Gasteiger partial charge >= 0.3 is 0 Å². The van der Waals surface area contributed by atoms with E-state index >= 15 is 0 Å². The molecule has 0 saturated carbocycles. The Labute approximate surface area is 140 Å². The lowest BCUT2D eigenvalue weighted by atomic mass is 10.0. The third kappa shape index (κ3) is 2.93. The number of hydrogen-bond acceptors (Lipinski definition) is 3. The first-order chi connectivity index (χ1) is 11.5. The molecule has 0 saturated heterocycles. The molecule has 0 aliphatic rings. The summed E-state index contributed by atoms with van der Waals surface area (Å²) in [7, 11) is 0. The molecular formula is C19H19N3O2. The van der Waals surface area contributed by atoms with Crippen molar-refractivity contribution in [2.45, 2.75) is 20.4 Å². The van der Waals surface area contributed by atoms with Gasteiger partial charge in [0.25, 0.3) is 11.7 Å². The van der Waals surface area contributed by atoms with E-state index < -0.39 is 11.7 Å². The first-order valence-corrected chi connectivity index (χ1v) is 7.85. The minimum absolute atomic E-state index is 0.361. The fourth-order valence-electron chi connectivity index (χ4n) is 2.87. The summed E-state index contributed by atoms with van der Waals surface area (Å²) in [6.07, 6.45) is 5.22. The van der Waals surface area contributed by atoms with Gasteiger partial charge in [-0.1, -0.05) is 26.0 Å². The van der Waals surface area contributed by atoms with Gasteiger partial charge in [0, 0.05) is 36.0 Å². The summed E-state index contributed by atoms with van der Waals surface area (Å²) in [5.74, 6) is -1.18. The molecule has 0 radical (unpaired) electrons. The van der Waals surface area contributed by atoms with E-state index in [1.807, 2.05) is 34.9 Å². The zero-order valence-corrected chi connectivity index (χ0v) is 13.7. The lowest BCUT2D eigenvalue weighted by Gasteiger charge is -2.09. The maximum Gasteiger partial charge on any atom is 0.289 e. The fraction of sp³-hybridized carbons (Fsp3) is 0.211. The number of pyridine rings is 1. The summed E-state index contributed by atoms with van der Waals surface area (Å²) < 4.78 is 2.01. The van der Waals surface area contributed by atoms with E-state index in [1.54, 1.807) is 18.6 Å². The second kappa shape index (κ2) is 6.28. The number of amides is 1. The molecule has 0 fully saturated rings. The van der Waals surface area contributed by atoms with E-state index in [4.69, 9.17) is 5.73 Å². The lowest BCUT2D eigenvalue weighted by molar-refractivity contribution is -0.114. The second-order valence-electron chi connectivity index (χ2n) is 6.25. The minimum atomic E-state index is -0.934. The molecule has 2 aromatic heterocycles. The lowest BCUT2D eigenvalue weighted by Crippen LogP contribution is -2.22. The third-order valence-corrected chi connectivity index (χ3v) is 3.93. The Kier molecular flexibility index (Phi) is 4.16. The van der Waals surface area contributed by atoms with Crippen molar-refractivity contribution in [2.75, 3.05) is 0 Å². The number of nitrogens with two attached hydrogens (primary N) is 1. The fourth-order valence-corrected chi connectivity index (χ4v) is 2.87. The number of benzene rings is 1. The number of fused-ring (bicyclic) bond motifs is 1. The van der Waals surface area contributed by atoms with Crippen LogP contribution in [-0.4, -0.2) is 21.2 Å². The van der Waals surface area contributed by atoms with Crippen LogP contribution in [0.25, 0.3) is 22.0 Å². The first-order valence-electron chi connectivity index (χ1n) is 7.85. The van der Waals surface area contributed by atoms with E-state index in [0.29, 0.717) is 11.5 Å². The average Bonchev–Trinajstić information content (AvgIpc) is 2.92. The van der Waals surface area contributed by atoms with Crippen LogP contribution in [0.5, 0.6) is 0 Å². The van der Waals surface area contributed by atoms with Crippen LogP contribution >= 0.6 is 0 Å². The van der Waals surface area contributed by atoms with Gasteiger partial charge in [-0.2, -0.15) is 0 Å². The molecule has 0 aliphatic carbocycles. The van der Waals surface area contributed by atoms with Gasteiger partial charge in [0.15, 0.2) is 0 Å². The van der Waals surface area contributed by atoms with Gasteiger partial charge in [0.2, 0.25) is 0 Å². The van der Waals surface area contributed by atoms with Gasteiger partial charge in [-0.05, 0) is 35.2 Å². The maximum atomic E-state index is 12.1. The Balaban J connectivity index is 2.20. The van der Waals surface area contributed by atoms with Crippen molar-refractivity contribution in [1.29, 1.82) is 0 Å². The van der Waals surface area contributed by atoms with Crippen molar-refractivity contribution in [1.82, 2.24) is 9.55 Å². The molecule has 5 heteroatoms. The van der Waals surface area contributed by atoms with Crippen LogP contribution in [0.3, 0.4) is 0 Å². The standard InChI is InChI=1S/C19H19N3O2/c1-12(2)10-22-11-16(18(23)19(20)24)15-4-3-14(9-17(15)22)13-5-7-21-8-6-13/h3-9,11-12H,10H2,1-2H3,(H2,20,24). The normalized spacial score (nSPS) is 11.1. The molecule has 122 valence electrons. The minimum Gasteiger partial charge on any atom is -0.363 e. The Morgan fingerprint density at radius 2 is 1.83 bits per heavy atom. The number of nitrogens with zero attached hydrogens (tertiary/aromatic N) is 2. The molecule has 0 spiro atoms. The van der Waals surface area contributed by atoms with Crippen molar-refractivity contribution in [3.8, 4) is 11.1 Å². The summed E-state index contributed by atoms with van der Waals surface area (Å²) in [6, 6.07) is 9.72. The first kappa shape index (κ1) is 15.9. The van der Waals surface area contributed by atoms with Gasteiger partial charge < -0.3 is 10.3 Å². The second-order valence-corrected chi connectivity index (χ2v) is 6.25. The zero-order valence-electron chi connectivity index (χ0n) is 13.7. The highest BCUT2D eigenvalue weighted by Gasteiger charge is 2.20. The Bertz CT molecular complexity index is 911. The summed E-state index contributed by atoms with van der Waals surface area (Å²) in [5, 5.41) is 0.747. The SMILES string of the molecule is CC(C)Cn1cc(C(=O)C(N)=O)c2ccc(-c3ccncc3)cc21. The Morgan fingerprint density at radius 3 is 2.46 bits per heavy atom. The highest BCUT2D eigenvalue weighted by Crippen LogP contribution is 2.28. The van der Waals surface area contributed by atoms with Gasteiger partial charge in [-0.25, -0.2) is 0 Å². The number of rotatable bonds is 5. The molecule has 5 nitrogen and oxygen atoms in total. The Hall–Kier alpha value is -2.95. The molecule has 0 atom stereocenters. The smallest absolute Gasteiger partial charge is 0.289 e. The molecule has 1 amide bonds. The number of primary amides is 1. The molecule has 2 N–H and O–H groups in total. The van der Waals surface area contributed by atoms with Gasteiger partial charge in [0.1, 0.15) is 0 Å². The molecular weight excluding hydrogens is 302 g/mol. The van der Waals surface area contributed by atoms with E-state index in [2.05, 4.69) is 18.8 Å². The van der Waals surface area contributed by atoms with Crippen LogP contribution in [0.2, 0.25) is 0 Å². The summed E-state index contributed by atoms with van der Waals surface area (Å²) in [4.78, 5) is 27.5. The molecule has 0 bridgehead atoms. The highest BCUT2D eigenvalue weighted by atomic mass is 16.2. The molecule has 24 heavy (non-hydrogen) atoms. The third-order valence-electron chi connectivity index (χ3n) is 3.93. The average molecular weight is 321 g/mol. The monoisotopic (exact) mass is 321 g/mol. The number of hydrogen-bond donors (Lipinski definition) is 1. The zero-order chi connectivity index (χ0) is 17.3. The Morgan fingerprint density at radius 1 is 1.12 bits per heavy atom. The highest BCUT2D eigenvalue weighted by molar-refractivity contribution is 6.44. The molecule has 2 heterocycles. The molecule has 3 rings (SSSR count). The summed E-state index contributed by atoms with van der Waals surface area (Å²) >= 11 is 0. The van der Waals surface area contributed by atoms with Crippen LogP contribution in [0.1, 0.15) is 24.2 Å². The molecule has 1 aromatic carbocycles. The predicted molar refractivity (Wildman–Crippen MR) is 93.5 cm³/mol. The topological polar surface area (TPSA) is 78.0 Å². The van der Waals surface area contributed by atoms with E-state index in [1.165, 1.54) is 0 Å². The van der Waals surface area contributed by atoms with Crippen LogP contribution in [0, 0.1) is 5.92 Å². The number of aromatic nitrogens is 2. The number of ketones is 1. The predicted octanol–water partition coefficient (Wildman–Crippen LogP) is 3.03. The van der Waals surface area contributed by atoms with E-state index in [0.717, 1.165) is 28.6 Å². The van der Waals surface area contributed by atoms with Crippen molar-refractivity contribution < 1.29 is 9.59 Å². The molecule has 0 aliphatic heterocycles. The van der Waals surface area contributed by atoms with Gasteiger partial charge in [0.05, 0.1) is 5.56 Å². The maximum absolute atomic E-state index is 12.1. The van der Waals surface area contributed by atoms with Gasteiger partial charge in [-0.15, -0.1) is 0 Å². The number of carbonyl (C=O) groups is 2. The summed E-state index contributed by atoms with van der Waals surface area (Å²) in [6.45, 7) is 4.96. The largest absolute Gasteiger partial charge is 0.363 e. The van der Waals surface area contributed by atoms with Crippen molar-refractivity contribution in [3.63, 3.8) is 0 Å². The molecule has 0 unspecified atom stereocenters. The van der Waals surface area contributed by atoms with Crippen molar-refractivity contribution >= 4 is 22.6 Å². The number of carbonyl (C=O) groups excluding carboxylic acids is 2. The molecule has 3 aromatic rings. The van der Waals surface area contributed by atoms with Crippen molar-refractivity contribution in [3.05, 3.63) is 54.5 Å². The van der Waals surface area contributed by atoms with Crippen LogP contribution in [0.4, 0.5) is 0 Å². The van der Waals surface area contributed by atoms with E-state index in [-0.39, 0.29) is 0 Å². The van der Waals surface area contributed by atoms with E-state index in [9.17, 15) is 9.59 Å².